The van der Waals surface area contributed by atoms with Gasteiger partial charge in [-0.2, -0.15) is 0 Å². The molecule has 3 rings (SSSR count). The Labute approximate surface area is 148 Å². The summed E-state index contributed by atoms with van der Waals surface area (Å²) >= 11 is 6.06. The first kappa shape index (κ1) is 17.3. The topological polar surface area (TPSA) is 45.5 Å². The van der Waals surface area contributed by atoms with Crippen LogP contribution in [-0.2, 0) is 0 Å². The summed E-state index contributed by atoms with van der Waals surface area (Å²) in [7, 11) is 4.17. The van der Waals surface area contributed by atoms with Crippen LogP contribution in [0.4, 0.5) is 0 Å². The lowest BCUT2D eigenvalue weighted by molar-refractivity contribution is 0.0868. The molecule has 0 radical (unpaired) electrons. The van der Waals surface area contributed by atoms with Crippen molar-refractivity contribution in [3.05, 3.63) is 34.5 Å². The molecule has 1 aromatic heterocycles. The van der Waals surface area contributed by atoms with E-state index in [0.29, 0.717) is 22.3 Å². The number of carbonyl (C=O) groups is 1. The number of nitrogens with one attached hydrogen (secondary N) is 1. The van der Waals surface area contributed by atoms with Crippen LogP contribution in [0.2, 0.25) is 5.02 Å². The Kier molecular flexibility index (Phi) is 5.16. The molecular formula is C19H25ClN2O2. The predicted octanol–water partition coefficient (Wildman–Crippen LogP) is 4.24. The Balaban J connectivity index is 1.80. The Morgan fingerprint density at radius 1 is 1.33 bits per heavy atom. The molecule has 4 nitrogen and oxygen atoms in total. The molecule has 2 unspecified atom stereocenters. The van der Waals surface area contributed by atoms with Gasteiger partial charge in [0.15, 0.2) is 5.76 Å². The number of benzene rings is 1. The summed E-state index contributed by atoms with van der Waals surface area (Å²) in [4.78, 5) is 15.0. The molecule has 130 valence electrons. The second-order valence-electron chi connectivity index (χ2n) is 7.08. The SMILES string of the molecule is Cc1c(C(=O)NC2CCCCC2CN(C)C)oc2ccc(Cl)cc12. The van der Waals surface area contributed by atoms with Crippen molar-refractivity contribution < 1.29 is 9.21 Å². The van der Waals surface area contributed by atoms with Crippen LogP contribution >= 0.6 is 11.6 Å². The third-order valence-electron chi connectivity index (χ3n) is 4.93. The quantitative estimate of drug-likeness (QED) is 0.898. The third kappa shape index (κ3) is 3.60. The minimum atomic E-state index is -0.115. The number of carbonyl (C=O) groups excluding carboxylic acids is 1. The summed E-state index contributed by atoms with van der Waals surface area (Å²) in [6.45, 7) is 2.91. The van der Waals surface area contributed by atoms with Crippen molar-refractivity contribution in [2.45, 2.75) is 38.6 Å². The lowest BCUT2D eigenvalue weighted by atomic mass is 9.84. The monoisotopic (exact) mass is 348 g/mol. The molecule has 5 heteroatoms. The van der Waals surface area contributed by atoms with Crippen LogP contribution in [0.1, 0.15) is 41.8 Å². The van der Waals surface area contributed by atoms with E-state index < -0.39 is 0 Å². The summed E-state index contributed by atoms with van der Waals surface area (Å²) in [6, 6.07) is 5.66. The molecule has 0 spiro atoms. The van der Waals surface area contributed by atoms with Gasteiger partial charge in [0, 0.05) is 28.6 Å². The molecule has 1 aliphatic rings. The Bertz CT molecular complexity index is 738. The van der Waals surface area contributed by atoms with Crippen molar-refractivity contribution in [2.24, 2.45) is 5.92 Å². The van der Waals surface area contributed by atoms with Crippen molar-refractivity contribution in [3.8, 4) is 0 Å². The summed E-state index contributed by atoms with van der Waals surface area (Å²) in [5.74, 6) is 0.786. The minimum Gasteiger partial charge on any atom is -0.451 e. The number of hydrogen-bond donors (Lipinski definition) is 1. The van der Waals surface area contributed by atoms with Crippen LogP contribution in [-0.4, -0.2) is 37.5 Å². The summed E-state index contributed by atoms with van der Waals surface area (Å²) < 4.78 is 5.79. The molecule has 24 heavy (non-hydrogen) atoms. The molecule has 1 amide bonds. The highest BCUT2D eigenvalue weighted by atomic mass is 35.5. The molecule has 1 fully saturated rings. The molecule has 1 aromatic carbocycles. The van der Waals surface area contributed by atoms with E-state index in [1.165, 1.54) is 12.8 Å². The molecule has 1 saturated carbocycles. The highest BCUT2D eigenvalue weighted by molar-refractivity contribution is 6.31. The lowest BCUT2D eigenvalue weighted by Crippen LogP contribution is -2.45. The van der Waals surface area contributed by atoms with Crippen molar-refractivity contribution in [3.63, 3.8) is 0 Å². The average Bonchev–Trinajstić information content (AvgIpc) is 2.85. The standard InChI is InChI=1S/C19H25ClN2O2/c1-12-15-10-14(20)8-9-17(15)24-18(12)19(23)21-16-7-5-4-6-13(16)11-22(2)3/h8-10,13,16H,4-7,11H2,1-3H3,(H,21,23). The zero-order chi connectivity index (χ0) is 17.3. The molecule has 0 aliphatic heterocycles. The number of rotatable bonds is 4. The first-order valence-corrected chi connectivity index (χ1v) is 8.97. The minimum absolute atomic E-state index is 0.115. The number of aryl methyl sites for hydroxylation is 1. The van der Waals surface area contributed by atoms with Gasteiger partial charge < -0.3 is 14.6 Å². The molecule has 2 atom stereocenters. The highest BCUT2D eigenvalue weighted by Crippen LogP contribution is 2.29. The highest BCUT2D eigenvalue weighted by Gasteiger charge is 2.28. The Hall–Kier alpha value is -1.52. The molecule has 1 aliphatic carbocycles. The maximum Gasteiger partial charge on any atom is 0.287 e. The smallest absolute Gasteiger partial charge is 0.287 e. The van der Waals surface area contributed by atoms with Gasteiger partial charge in [-0.15, -0.1) is 0 Å². The molecular weight excluding hydrogens is 324 g/mol. The van der Waals surface area contributed by atoms with E-state index in [-0.39, 0.29) is 11.9 Å². The summed E-state index contributed by atoms with van der Waals surface area (Å²) in [5, 5.41) is 4.77. The number of furan rings is 1. The van der Waals surface area contributed by atoms with E-state index in [0.717, 1.165) is 30.3 Å². The number of fused-ring (bicyclic) bond motifs is 1. The molecule has 0 bridgehead atoms. The van der Waals surface area contributed by atoms with E-state index in [1.807, 2.05) is 19.1 Å². The van der Waals surface area contributed by atoms with Gasteiger partial charge in [0.1, 0.15) is 5.58 Å². The number of hydrogen-bond acceptors (Lipinski definition) is 3. The van der Waals surface area contributed by atoms with E-state index in [9.17, 15) is 4.79 Å². The second kappa shape index (κ2) is 7.16. The maximum absolute atomic E-state index is 12.8. The molecule has 1 N–H and O–H groups in total. The lowest BCUT2D eigenvalue weighted by Gasteiger charge is -2.33. The Morgan fingerprint density at radius 3 is 2.83 bits per heavy atom. The van der Waals surface area contributed by atoms with Gasteiger partial charge in [-0.25, -0.2) is 0 Å². The van der Waals surface area contributed by atoms with Crippen molar-refractivity contribution in [2.75, 3.05) is 20.6 Å². The van der Waals surface area contributed by atoms with E-state index in [2.05, 4.69) is 24.3 Å². The largest absolute Gasteiger partial charge is 0.451 e. The van der Waals surface area contributed by atoms with E-state index >= 15 is 0 Å². The maximum atomic E-state index is 12.8. The van der Waals surface area contributed by atoms with Crippen molar-refractivity contribution in [1.82, 2.24) is 10.2 Å². The van der Waals surface area contributed by atoms with Gasteiger partial charge in [0.2, 0.25) is 0 Å². The van der Waals surface area contributed by atoms with Gasteiger partial charge in [0.25, 0.3) is 5.91 Å². The van der Waals surface area contributed by atoms with Crippen molar-refractivity contribution in [1.29, 1.82) is 0 Å². The second-order valence-corrected chi connectivity index (χ2v) is 7.52. The van der Waals surface area contributed by atoms with Gasteiger partial charge in [0.05, 0.1) is 0 Å². The van der Waals surface area contributed by atoms with Gasteiger partial charge in [-0.05, 0) is 58.0 Å². The van der Waals surface area contributed by atoms with Gasteiger partial charge >= 0.3 is 0 Å². The van der Waals surface area contributed by atoms with Gasteiger partial charge in [-0.1, -0.05) is 24.4 Å². The van der Waals surface area contributed by atoms with Crippen molar-refractivity contribution >= 4 is 28.5 Å². The average molecular weight is 349 g/mol. The summed E-state index contributed by atoms with van der Waals surface area (Å²) in [6.07, 6.45) is 4.61. The zero-order valence-electron chi connectivity index (χ0n) is 14.6. The normalized spacial score (nSPS) is 21.4. The van der Waals surface area contributed by atoms with Gasteiger partial charge in [-0.3, -0.25) is 4.79 Å². The molecule has 1 heterocycles. The molecule has 0 saturated heterocycles. The van der Waals surface area contributed by atoms with Crippen LogP contribution in [0.25, 0.3) is 11.0 Å². The van der Waals surface area contributed by atoms with Crippen LogP contribution in [0.5, 0.6) is 0 Å². The fraction of sp³-hybridized carbons (Fsp3) is 0.526. The Morgan fingerprint density at radius 2 is 2.08 bits per heavy atom. The van der Waals surface area contributed by atoms with E-state index in [4.69, 9.17) is 16.0 Å². The van der Waals surface area contributed by atoms with E-state index in [1.54, 1.807) is 6.07 Å². The number of nitrogens with zero attached hydrogens (tertiary/aromatic N) is 1. The number of amides is 1. The fourth-order valence-corrected chi connectivity index (χ4v) is 3.90. The van der Waals surface area contributed by atoms with Crippen LogP contribution in [0, 0.1) is 12.8 Å². The first-order valence-electron chi connectivity index (χ1n) is 8.60. The van der Waals surface area contributed by atoms with Crippen LogP contribution in [0.3, 0.4) is 0 Å². The molecule has 2 aromatic rings. The fourth-order valence-electron chi connectivity index (χ4n) is 3.73. The van der Waals surface area contributed by atoms with Crippen LogP contribution < -0.4 is 5.32 Å². The number of halogens is 1. The van der Waals surface area contributed by atoms with Crippen LogP contribution in [0.15, 0.2) is 22.6 Å². The zero-order valence-corrected chi connectivity index (χ0v) is 15.3. The third-order valence-corrected chi connectivity index (χ3v) is 5.16. The predicted molar refractivity (Wildman–Crippen MR) is 97.7 cm³/mol. The summed E-state index contributed by atoms with van der Waals surface area (Å²) in [5.41, 5.74) is 1.56. The first-order chi connectivity index (χ1) is 11.5.